The number of piperazine rings is 1. The van der Waals surface area contributed by atoms with Crippen LogP contribution in [0.2, 0.25) is 0 Å². The average molecular weight is 487 g/mol. The number of aromatic amines is 1. The molecule has 0 saturated carbocycles. The SMILES string of the molecule is C#CCNCCCN1CC(=O)N2[C@H](c3cccc(O)c3)c3[nH]c4ccc(OC)cc4c3C[C@@]2(C)C1=O. The number of amides is 2. The molecule has 3 N–H and O–H groups in total. The number of nitrogens with zero attached hydrogens (tertiary/aromatic N) is 2. The Balaban J connectivity index is 1.60. The molecule has 1 fully saturated rings. The zero-order chi connectivity index (χ0) is 25.4. The number of carbonyl (C=O) groups excluding carboxylic acids is 2. The number of rotatable bonds is 7. The Hall–Kier alpha value is -3.96. The Morgan fingerprint density at radius 2 is 2.11 bits per heavy atom. The zero-order valence-corrected chi connectivity index (χ0v) is 20.5. The van der Waals surface area contributed by atoms with E-state index in [1.165, 1.54) is 0 Å². The molecule has 2 amide bonds. The van der Waals surface area contributed by atoms with Gasteiger partial charge in [-0.25, -0.2) is 0 Å². The number of hydrogen-bond acceptors (Lipinski definition) is 5. The first-order valence-electron chi connectivity index (χ1n) is 12.1. The predicted molar refractivity (Wildman–Crippen MR) is 137 cm³/mol. The van der Waals surface area contributed by atoms with Crippen molar-refractivity contribution in [2.45, 2.75) is 31.3 Å². The van der Waals surface area contributed by atoms with Gasteiger partial charge in [-0.3, -0.25) is 9.59 Å². The number of carbonyl (C=O) groups is 2. The number of fused-ring (bicyclic) bond motifs is 4. The number of hydrogen-bond donors (Lipinski definition) is 3. The van der Waals surface area contributed by atoms with E-state index in [0.29, 0.717) is 32.5 Å². The normalized spacial score (nSPS) is 21.3. The maximum absolute atomic E-state index is 14.0. The second kappa shape index (κ2) is 9.25. The first-order valence-corrected chi connectivity index (χ1v) is 12.1. The van der Waals surface area contributed by atoms with Crippen molar-refractivity contribution >= 4 is 22.7 Å². The topological polar surface area (TPSA) is 97.9 Å². The molecule has 0 bridgehead atoms. The second-order valence-electron chi connectivity index (χ2n) is 9.60. The number of methoxy groups -OCH3 is 1. The molecular weight excluding hydrogens is 456 g/mol. The summed E-state index contributed by atoms with van der Waals surface area (Å²) in [7, 11) is 1.62. The highest BCUT2D eigenvalue weighted by molar-refractivity contribution is 6.00. The highest BCUT2D eigenvalue weighted by Crippen LogP contribution is 2.47. The van der Waals surface area contributed by atoms with Gasteiger partial charge in [0.1, 0.15) is 17.0 Å². The van der Waals surface area contributed by atoms with Gasteiger partial charge in [-0.15, -0.1) is 6.42 Å². The molecule has 8 nitrogen and oxygen atoms in total. The van der Waals surface area contributed by atoms with Gasteiger partial charge in [-0.1, -0.05) is 18.1 Å². The number of aromatic nitrogens is 1. The van der Waals surface area contributed by atoms with Crippen LogP contribution in [0.15, 0.2) is 42.5 Å². The summed E-state index contributed by atoms with van der Waals surface area (Å²) in [5, 5.41) is 14.4. The Kier molecular flexibility index (Phi) is 6.10. The minimum atomic E-state index is -1.08. The fraction of sp³-hybridized carbons (Fsp3) is 0.357. The van der Waals surface area contributed by atoms with E-state index in [9.17, 15) is 14.7 Å². The van der Waals surface area contributed by atoms with Crippen molar-refractivity contribution in [2.24, 2.45) is 0 Å². The number of phenols is 1. The Morgan fingerprint density at radius 3 is 2.86 bits per heavy atom. The molecule has 0 spiro atoms. The molecule has 3 heterocycles. The zero-order valence-electron chi connectivity index (χ0n) is 20.5. The minimum Gasteiger partial charge on any atom is -0.508 e. The van der Waals surface area contributed by atoms with Crippen LogP contribution in [0.3, 0.4) is 0 Å². The molecule has 2 aliphatic heterocycles. The molecule has 186 valence electrons. The Labute approximate surface area is 210 Å². The van der Waals surface area contributed by atoms with Crippen LogP contribution in [0.1, 0.15) is 36.2 Å². The van der Waals surface area contributed by atoms with E-state index in [4.69, 9.17) is 11.2 Å². The number of phenolic OH excluding ortho intramolecular Hbond substituents is 1. The third kappa shape index (κ3) is 3.86. The first kappa shape index (κ1) is 23.8. The van der Waals surface area contributed by atoms with E-state index in [1.54, 1.807) is 35.1 Å². The third-order valence-electron chi connectivity index (χ3n) is 7.27. The van der Waals surface area contributed by atoms with E-state index in [1.807, 2.05) is 31.2 Å². The molecule has 0 radical (unpaired) electrons. The summed E-state index contributed by atoms with van der Waals surface area (Å²) in [6, 6.07) is 12.2. The van der Waals surface area contributed by atoms with Crippen molar-refractivity contribution in [3.63, 3.8) is 0 Å². The number of terminal acetylenes is 1. The number of ether oxygens (including phenoxy) is 1. The summed E-state index contributed by atoms with van der Waals surface area (Å²) in [4.78, 5) is 34.6. The second-order valence-corrected chi connectivity index (χ2v) is 9.60. The monoisotopic (exact) mass is 486 g/mol. The van der Waals surface area contributed by atoms with E-state index >= 15 is 0 Å². The van der Waals surface area contributed by atoms with Crippen molar-refractivity contribution in [2.75, 3.05) is 33.3 Å². The van der Waals surface area contributed by atoms with E-state index in [2.05, 4.69) is 16.2 Å². The van der Waals surface area contributed by atoms with Crippen molar-refractivity contribution in [3.05, 3.63) is 59.3 Å². The fourth-order valence-electron chi connectivity index (χ4n) is 5.64. The van der Waals surface area contributed by atoms with Crippen molar-refractivity contribution in [1.82, 2.24) is 20.1 Å². The summed E-state index contributed by atoms with van der Waals surface area (Å²) < 4.78 is 5.46. The smallest absolute Gasteiger partial charge is 0.249 e. The third-order valence-corrected chi connectivity index (χ3v) is 7.27. The summed E-state index contributed by atoms with van der Waals surface area (Å²) in [6.07, 6.45) is 6.36. The van der Waals surface area contributed by atoms with Crippen LogP contribution in [0.5, 0.6) is 11.5 Å². The summed E-state index contributed by atoms with van der Waals surface area (Å²) in [6.45, 7) is 3.48. The molecular formula is C28H30N4O4. The number of nitrogens with one attached hydrogen (secondary N) is 2. The quantitative estimate of drug-likeness (QED) is 0.352. The molecule has 5 rings (SSSR count). The number of H-pyrrole nitrogens is 1. The number of aromatic hydroxyl groups is 1. The maximum atomic E-state index is 14.0. The van der Waals surface area contributed by atoms with Crippen molar-refractivity contribution < 1.29 is 19.4 Å². The summed E-state index contributed by atoms with van der Waals surface area (Å²) >= 11 is 0. The van der Waals surface area contributed by atoms with Crippen LogP contribution in [0.25, 0.3) is 10.9 Å². The lowest BCUT2D eigenvalue weighted by Crippen LogP contribution is -2.69. The molecule has 3 aromatic rings. The van der Waals surface area contributed by atoms with Crippen molar-refractivity contribution in [1.29, 1.82) is 0 Å². The Bertz CT molecular complexity index is 1370. The molecule has 0 unspecified atom stereocenters. The Morgan fingerprint density at radius 1 is 1.28 bits per heavy atom. The van der Waals surface area contributed by atoms with Crippen LogP contribution in [0.4, 0.5) is 0 Å². The van der Waals surface area contributed by atoms with Crippen LogP contribution in [-0.2, 0) is 16.0 Å². The maximum Gasteiger partial charge on any atom is 0.249 e. The van der Waals surface area contributed by atoms with Gasteiger partial charge in [0, 0.05) is 29.6 Å². The predicted octanol–water partition coefficient (Wildman–Crippen LogP) is 2.57. The van der Waals surface area contributed by atoms with Crippen LogP contribution in [-0.4, -0.2) is 70.5 Å². The minimum absolute atomic E-state index is 0.0161. The molecule has 2 atom stereocenters. The molecule has 36 heavy (non-hydrogen) atoms. The molecule has 1 aromatic heterocycles. The van der Waals surface area contributed by atoms with E-state index in [0.717, 1.165) is 33.5 Å². The van der Waals surface area contributed by atoms with Gasteiger partial charge in [-0.2, -0.15) is 0 Å². The summed E-state index contributed by atoms with van der Waals surface area (Å²) in [5.41, 5.74) is 2.41. The van der Waals surface area contributed by atoms with Gasteiger partial charge in [0.05, 0.1) is 26.2 Å². The first-order chi connectivity index (χ1) is 17.4. The standard InChI is InChI=1S/C28H30N4O4/c1-4-11-29-12-6-13-31-17-24(34)32-26(18-7-5-8-19(33)14-18)25-22(16-28(32,2)27(31)35)21-15-20(36-3)9-10-23(21)30-25/h1,5,7-10,14-15,26,29-30,33H,6,11-13,16-17H2,2-3H3/t26-,28+/m1/s1. The lowest BCUT2D eigenvalue weighted by Gasteiger charge is -2.53. The van der Waals surface area contributed by atoms with Crippen molar-refractivity contribution in [3.8, 4) is 23.8 Å². The fourth-order valence-corrected chi connectivity index (χ4v) is 5.64. The van der Waals surface area contributed by atoms with Crippen LogP contribution >= 0.6 is 0 Å². The highest BCUT2D eigenvalue weighted by Gasteiger charge is 2.55. The molecule has 0 aliphatic carbocycles. The average Bonchev–Trinajstić information content (AvgIpc) is 3.22. The van der Waals surface area contributed by atoms with Gasteiger partial charge in [0.2, 0.25) is 11.8 Å². The van der Waals surface area contributed by atoms with E-state index < -0.39 is 11.6 Å². The van der Waals surface area contributed by atoms with Gasteiger partial charge < -0.3 is 29.9 Å². The molecule has 1 saturated heterocycles. The molecule has 2 aromatic carbocycles. The van der Waals surface area contributed by atoms with Gasteiger partial charge in [0.25, 0.3) is 0 Å². The number of benzene rings is 2. The highest BCUT2D eigenvalue weighted by atomic mass is 16.5. The largest absolute Gasteiger partial charge is 0.508 e. The summed E-state index contributed by atoms with van der Waals surface area (Å²) in [5.74, 6) is 3.17. The van der Waals surface area contributed by atoms with E-state index in [-0.39, 0.29) is 24.1 Å². The molecule has 8 heteroatoms. The van der Waals surface area contributed by atoms with Gasteiger partial charge in [-0.05, 0) is 61.3 Å². The lowest BCUT2D eigenvalue weighted by molar-refractivity contribution is -0.167. The van der Waals surface area contributed by atoms with Crippen LogP contribution < -0.4 is 10.1 Å². The van der Waals surface area contributed by atoms with Gasteiger partial charge in [0.15, 0.2) is 0 Å². The lowest BCUT2D eigenvalue weighted by atomic mass is 9.78. The van der Waals surface area contributed by atoms with Crippen LogP contribution in [0, 0.1) is 12.3 Å². The molecule has 2 aliphatic rings. The van der Waals surface area contributed by atoms with Gasteiger partial charge >= 0.3 is 0 Å².